The van der Waals surface area contributed by atoms with Gasteiger partial charge in [-0.05, 0) is 33.0 Å². The molecule has 2 nitrogen and oxygen atoms in total. The summed E-state index contributed by atoms with van der Waals surface area (Å²) in [5.41, 5.74) is 0.0155. The molecule has 0 fully saturated rings. The van der Waals surface area contributed by atoms with Crippen molar-refractivity contribution in [3.05, 3.63) is 30.3 Å². The van der Waals surface area contributed by atoms with Crippen LogP contribution in [0.4, 0.5) is 0 Å². The molecular formula is C13H20ClNO. The Balaban J connectivity index is 2.31. The molecule has 90 valence electrons. The average Bonchev–Trinajstić information content (AvgIpc) is 2.30. The Labute approximate surface area is 103 Å². The highest BCUT2D eigenvalue weighted by Gasteiger charge is 2.21. The first-order valence-electron chi connectivity index (χ1n) is 5.51. The Morgan fingerprint density at radius 2 is 1.88 bits per heavy atom. The van der Waals surface area contributed by atoms with Gasteiger partial charge in [0.15, 0.2) is 0 Å². The van der Waals surface area contributed by atoms with Crippen LogP contribution in [0.3, 0.4) is 0 Å². The summed E-state index contributed by atoms with van der Waals surface area (Å²) >= 11 is 5.90. The first kappa shape index (κ1) is 13.3. The zero-order chi connectivity index (χ0) is 12.0. The molecule has 1 aromatic carbocycles. The number of alkyl halides is 1. The maximum Gasteiger partial charge on any atom is 0.119 e. The summed E-state index contributed by atoms with van der Waals surface area (Å²) in [5.74, 6) is 1.54. The summed E-state index contributed by atoms with van der Waals surface area (Å²) in [5, 5.41) is 0. The van der Waals surface area contributed by atoms with Crippen LogP contribution in [0.1, 0.15) is 13.8 Å². The van der Waals surface area contributed by atoms with Crippen LogP contribution in [-0.4, -0.2) is 36.5 Å². The number of halogens is 1. The van der Waals surface area contributed by atoms with E-state index in [9.17, 15) is 0 Å². The molecule has 0 amide bonds. The minimum atomic E-state index is 0.0155. The van der Waals surface area contributed by atoms with E-state index < -0.39 is 0 Å². The lowest BCUT2D eigenvalue weighted by atomic mass is 10.1. The summed E-state index contributed by atoms with van der Waals surface area (Å²) in [6.07, 6.45) is 0. The van der Waals surface area contributed by atoms with Crippen molar-refractivity contribution in [1.29, 1.82) is 0 Å². The Bertz CT molecular complexity index is 300. The van der Waals surface area contributed by atoms with E-state index in [1.54, 1.807) is 0 Å². The van der Waals surface area contributed by atoms with E-state index in [4.69, 9.17) is 16.3 Å². The molecule has 0 aromatic heterocycles. The number of benzene rings is 1. The Hall–Kier alpha value is -0.730. The van der Waals surface area contributed by atoms with E-state index in [1.165, 1.54) is 0 Å². The van der Waals surface area contributed by atoms with Crippen molar-refractivity contribution in [2.45, 2.75) is 19.4 Å². The third kappa shape index (κ3) is 4.03. The van der Waals surface area contributed by atoms with Gasteiger partial charge in [0, 0.05) is 18.0 Å². The molecule has 0 aliphatic heterocycles. The summed E-state index contributed by atoms with van der Waals surface area (Å²) in [7, 11) is 2.07. The normalized spacial score (nSPS) is 11.8. The van der Waals surface area contributed by atoms with Crippen LogP contribution in [0.25, 0.3) is 0 Å². The second-order valence-electron chi connectivity index (χ2n) is 4.53. The molecule has 0 N–H and O–H groups in total. The fourth-order valence-corrected chi connectivity index (χ4v) is 1.43. The largest absolute Gasteiger partial charge is 0.492 e. The van der Waals surface area contributed by atoms with E-state index >= 15 is 0 Å². The van der Waals surface area contributed by atoms with E-state index in [2.05, 4.69) is 25.8 Å². The van der Waals surface area contributed by atoms with Crippen LogP contribution >= 0.6 is 11.6 Å². The fraction of sp³-hybridized carbons (Fsp3) is 0.538. The van der Waals surface area contributed by atoms with Crippen LogP contribution in [0.5, 0.6) is 5.75 Å². The number of hydrogen-bond donors (Lipinski definition) is 0. The number of ether oxygens (including phenoxy) is 1. The van der Waals surface area contributed by atoms with E-state index in [-0.39, 0.29) is 5.54 Å². The quantitative estimate of drug-likeness (QED) is 0.710. The number of rotatable bonds is 6. The molecule has 0 saturated carbocycles. The highest BCUT2D eigenvalue weighted by molar-refractivity contribution is 6.18. The van der Waals surface area contributed by atoms with Crippen molar-refractivity contribution in [3.63, 3.8) is 0 Å². The van der Waals surface area contributed by atoms with Gasteiger partial charge in [-0.3, -0.25) is 4.90 Å². The molecule has 0 unspecified atom stereocenters. The van der Waals surface area contributed by atoms with E-state index in [0.29, 0.717) is 12.5 Å². The summed E-state index contributed by atoms with van der Waals surface area (Å²) in [6, 6.07) is 9.86. The smallest absolute Gasteiger partial charge is 0.119 e. The lowest BCUT2D eigenvalue weighted by Gasteiger charge is -2.33. The Kier molecular flexibility index (Phi) is 5.10. The van der Waals surface area contributed by atoms with Gasteiger partial charge in [0.1, 0.15) is 12.4 Å². The molecule has 16 heavy (non-hydrogen) atoms. The number of nitrogens with zero attached hydrogens (tertiary/aromatic N) is 1. The molecule has 1 rings (SSSR count). The SMILES string of the molecule is CN(CCOc1ccccc1)C(C)(C)CCl. The van der Waals surface area contributed by atoms with Gasteiger partial charge in [-0.25, -0.2) is 0 Å². The minimum absolute atomic E-state index is 0.0155. The number of para-hydroxylation sites is 1. The van der Waals surface area contributed by atoms with Gasteiger partial charge >= 0.3 is 0 Å². The molecule has 3 heteroatoms. The minimum Gasteiger partial charge on any atom is -0.492 e. The standard InChI is InChI=1S/C13H20ClNO/c1-13(2,11-14)15(3)9-10-16-12-7-5-4-6-8-12/h4-8H,9-11H2,1-3H3. The maximum absolute atomic E-state index is 5.90. The predicted molar refractivity (Wildman–Crippen MR) is 69.4 cm³/mol. The van der Waals surface area contributed by atoms with Crippen molar-refractivity contribution in [2.75, 3.05) is 26.1 Å². The van der Waals surface area contributed by atoms with Gasteiger partial charge in [0.25, 0.3) is 0 Å². The van der Waals surface area contributed by atoms with Crippen LogP contribution in [0.2, 0.25) is 0 Å². The highest BCUT2D eigenvalue weighted by Crippen LogP contribution is 2.14. The predicted octanol–water partition coefficient (Wildman–Crippen LogP) is 3.01. The molecule has 0 saturated heterocycles. The van der Waals surface area contributed by atoms with Crippen LogP contribution in [0.15, 0.2) is 30.3 Å². The lowest BCUT2D eigenvalue weighted by molar-refractivity contribution is 0.147. The zero-order valence-electron chi connectivity index (χ0n) is 10.2. The monoisotopic (exact) mass is 241 g/mol. The number of hydrogen-bond acceptors (Lipinski definition) is 2. The molecule has 0 aliphatic rings. The summed E-state index contributed by atoms with van der Waals surface area (Å²) in [4.78, 5) is 2.21. The molecular weight excluding hydrogens is 222 g/mol. The van der Waals surface area contributed by atoms with Crippen molar-refractivity contribution in [3.8, 4) is 5.75 Å². The molecule has 0 spiro atoms. The third-order valence-electron chi connectivity index (χ3n) is 2.80. The molecule has 0 heterocycles. The third-order valence-corrected chi connectivity index (χ3v) is 3.45. The van der Waals surface area contributed by atoms with Gasteiger partial charge in [-0.2, -0.15) is 0 Å². The van der Waals surface area contributed by atoms with Gasteiger partial charge < -0.3 is 4.74 Å². The lowest BCUT2D eigenvalue weighted by Crippen LogP contribution is -2.44. The first-order chi connectivity index (χ1) is 7.56. The van der Waals surface area contributed by atoms with Crippen molar-refractivity contribution in [2.24, 2.45) is 0 Å². The molecule has 0 aliphatic carbocycles. The van der Waals surface area contributed by atoms with E-state index in [0.717, 1.165) is 12.3 Å². The molecule has 0 radical (unpaired) electrons. The maximum atomic E-state index is 5.90. The Morgan fingerprint density at radius 3 is 2.44 bits per heavy atom. The van der Waals surface area contributed by atoms with Crippen molar-refractivity contribution in [1.82, 2.24) is 4.90 Å². The highest BCUT2D eigenvalue weighted by atomic mass is 35.5. The molecule has 0 atom stereocenters. The summed E-state index contributed by atoms with van der Waals surface area (Å²) in [6.45, 7) is 5.81. The number of likely N-dealkylation sites (N-methyl/N-ethyl adjacent to an activating group) is 1. The van der Waals surface area contributed by atoms with E-state index in [1.807, 2.05) is 30.3 Å². The first-order valence-corrected chi connectivity index (χ1v) is 6.05. The van der Waals surface area contributed by atoms with Crippen molar-refractivity contribution >= 4 is 11.6 Å². The van der Waals surface area contributed by atoms with Gasteiger partial charge in [-0.15, -0.1) is 11.6 Å². The van der Waals surface area contributed by atoms with Gasteiger partial charge in [0.05, 0.1) is 0 Å². The summed E-state index contributed by atoms with van der Waals surface area (Å²) < 4.78 is 5.63. The van der Waals surface area contributed by atoms with Crippen LogP contribution in [-0.2, 0) is 0 Å². The second-order valence-corrected chi connectivity index (χ2v) is 4.80. The molecule has 1 aromatic rings. The fourth-order valence-electron chi connectivity index (χ4n) is 1.22. The van der Waals surface area contributed by atoms with Crippen LogP contribution < -0.4 is 4.74 Å². The second kappa shape index (κ2) is 6.12. The molecule has 0 bridgehead atoms. The van der Waals surface area contributed by atoms with Crippen LogP contribution in [0, 0.1) is 0 Å². The Morgan fingerprint density at radius 1 is 1.25 bits per heavy atom. The zero-order valence-corrected chi connectivity index (χ0v) is 11.0. The average molecular weight is 242 g/mol. The van der Waals surface area contributed by atoms with Gasteiger partial charge in [-0.1, -0.05) is 18.2 Å². The topological polar surface area (TPSA) is 12.5 Å². The van der Waals surface area contributed by atoms with Gasteiger partial charge in [0.2, 0.25) is 0 Å². The van der Waals surface area contributed by atoms with Crippen molar-refractivity contribution < 1.29 is 4.74 Å².